The quantitative estimate of drug-likeness (QED) is 0.932. The standard InChI is InChI=1S/C15H21N3S/c1-15(2,3)13-10-19-14(18-13)12(9-16)8-11-4-6-17-7-5-11/h4-7,10,12H,8-9,16H2,1-3H3. The van der Waals surface area contributed by atoms with Crippen molar-refractivity contribution < 1.29 is 0 Å². The molecule has 102 valence electrons. The molecule has 1 unspecified atom stereocenters. The van der Waals surface area contributed by atoms with E-state index in [4.69, 9.17) is 10.7 Å². The zero-order chi connectivity index (χ0) is 13.9. The van der Waals surface area contributed by atoms with Gasteiger partial charge >= 0.3 is 0 Å². The largest absolute Gasteiger partial charge is 0.330 e. The second-order valence-electron chi connectivity index (χ2n) is 5.81. The maximum Gasteiger partial charge on any atom is 0.0975 e. The lowest BCUT2D eigenvalue weighted by molar-refractivity contribution is 0.566. The van der Waals surface area contributed by atoms with Crippen LogP contribution in [0.15, 0.2) is 29.9 Å². The Hall–Kier alpha value is -1.26. The highest BCUT2D eigenvalue weighted by Gasteiger charge is 2.21. The van der Waals surface area contributed by atoms with Crippen molar-refractivity contribution in [1.29, 1.82) is 0 Å². The number of aromatic nitrogens is 2. The van der Waals surface area contributed by atoms with Gasteiger partial charge in [-0.25, -0.2) is 4.98 Å². The van der Waals surface area contributed by atoms with Crippen LogP contribution in [0.5, 0.6) is 0 Å². The molecule has 2 rings (SSSR count). The van der Waals surface area contributed by atoms with Crippen LogP contribution in [0.1, 0.15) is 43.0 Å². The summed E-state index contributed by atoms with van der Waals surface area (Å²) < 4.78 is 0. The van der Waals surface area contributed by atoms with Crippen molar-refractivity contribution in [2.45, 2.75) is 38.5 Å². The summed E-state index contributed by atoms with van der Waals surface area (Å²) in [7, 11) is 0. The van der Waals surface area contributed by atoms with Crippen molar-refractivity contribution in [3.63, 3.8) is 0 Å². The molecular weight excluding hydrogens is 254 g/mol. The van der Waals surface area contributed by atoms with Gasteiger partial charge in [-0.3, -0.25) is 4.98 Å². The van der Waals surface area contributed by atoms with E-state index in [1.807, 2.05) is 24.5 Å². The summed E-state index contributed by atoms with van der Waals surface area (Å²) in [4.78, 5) is 8.82. The molecule has 0 spiro atoms. The third-order valence-corrected chi connectivity index (χ3v) is 4.16. The Morgan fingerprint density at radius 1 is 1.26 bits per heavy atom. The van der Waals surface area contributed by atoms with Gasteiger partial charge in [0, 0.05) is 35.7 Å². The third kappa shape index (κ3) is 3.61. The van der Waals surface area contributed by atoms with E-state index in [0.717, 1.165) is 17.1 Å². The highest BCUT2D eigenvalue weighted by molar-refractivity contribution is 7.09. The third-order valence-electron chi connectivity index (χ3n) is 3.16. The van der Waals surface area contributed by atoms with Crippen molar-refractivity contribution in [2.24, 2.45) is 5.73 Å². The van der Waals surface area contributed by atoms with Crippen LogP contribution in [0.2, 0.25) is 0 Å². The number of nitrogens with two attached hydrogens (primary N) is 1. The monoisotopic (exact) mass is 275 g/mol. The summed E-state index contributed by atoms with van der Waals surface area (Å²) in [5.74, 6) is 0.295. The van der Waals surface area contributed by atoms with Gasteiger partial charge in [0.25, 0.3) is 0 Å². The van der Waals surface area contributed by atoms with Gasteiger partial charge < -0.3 is 5.73 Å². The minimum Gasteiger partial charge on any atom is -0.330 e. The maximum absolute atomic E-state index is 5.92. The zero-order valence-electron chi connectivity index (χ0n) is 11.8. The normalized spacial score (nSPS) is 13.5. The van der Waals surface area contributed by atoms with Crippen LogP contribution in [0.4, 0.5) is 0 Å². The first-order valence-corrected chi connectivity index (χ1v) is 7.43. The Morgan fingerprint density at radius 3 is 2.47 bits per heavy atom. The minimum atomic E-state index is 0.102. The molecule has 19 heavy (non-hydrogen) atoms. The summed E-state index contributed by atoms with van der Waals surface area (Å²) in [5, 5.41) is 3.30. The summed E-state index contributed by atoms with van der Waals surface area (Å²) in [6, 6.07) is 4.09. The molecule has 2 N–H and O–H groups in total. The summed E-state index contributed by atoms with van der Waals surface area (Å²) in [5.41, 5.74) is 8.44. The van der Waals surface area contributed by atoms with E-state index in [9.17, 15) is 0 Å². The fourth-order valence-electron chi connectivity index (χ4n) is 1.89. The van der Waals surface area contributed by atoms with Crippen LogP contribution in [0.3, 0.4) is 0 Å². The second kappa shape index (κ2) is 5.80. The first kappa shape index (κ1) is 14.2. The van der Waals surface area contributed by atoms with Crippen LogP contribution in [0.25, 0.3) is 0 Å². The highest BCUT2D eigenvalue weighted by atomic mass is 32.1. The van der Waals surface area contributed by atoms with E-state index in [1.54, 1.807) is 11.3 Å². The number of hydrogen-bond donors (Lipinski definition) is 1. The Bertz CT molecular complexity index is 514. The first-order chi connectivity index (χ1) is 9.00. The fraction of sp³-hybridized carbons (Fsp3) is 0.467. The molecule has 0 saturated heterocycles. The molecule has 1 atom stereocenters. The van der Waals surface area contributed by atoms with Gasteiger partial charge in [-0.05, 0) is 24.1 Å². The lowest BCUT2D eigenvalue weighted by Crippen LogP contribution is -2.16. The number of nitrogens with zero attached hydrogens (tertiary/aromatic N) is 2. The SMILES string of the molecule is CC(C)(C)c1csc(C(CN)Cc2ccncc2)n1. The van der Waals surface area contributed by atoms with E-state index in [0.29, 0.717) is 12.5 Å². The first-order valence-electron chi connectivity index (χ1n) is 6.55. The van der Waals surface area contributed by atoms with Crippen molar-refractivity contribution in [1.82, 2.24) is 9.97 Å². The van der Waals surface area contributed by atoms with E-state index in [1.165, 1.54) is 5.56 Å². The Kier molecular flexibility index (Phi) is 4.32. The average molecular weight is 275 g/mol. The Labute approximate surface area is 118 Å². The Balaban J connectivity index is 2.16. The zero-order valence-corrected chi connectivity index (χ0v) is 12.6. The number of thiazole rings is 1. The molecule has 0 saturated carbocycles. The molecule has 0 aliphatic carbocycles. The van der Waals surface area contributed by atoms with Gasteiger partial charge in [-0.1, -0.05) is 20.8 Å². The van der Waals surface area contributed by atoms with Crippen molar-refractivity contribution in [3.8, 4) is 0 Å². The van der Waals surface area contributed by atoms with E-state index >= 15 is 0 Å². The maximum atomic E-state index is 5.92. The van der Waals surface area contributed by atoms with E-state index in [2.05, 4.69) is 31.1 Å². The lowest BCUT2D eigenvalue weighted by atomic mass is 9.93. The van der Waals surface area contributed by atoms with Crippen LogP contribution < -0.4 is 5.73 Å². The van der Waals surface area contributed by atoms with Gasteiger partial charge in [-0.2, -0.15) is 0 Å². The summed E-state index contributed by atoms with van der Waals surface area (Å²) in [6.45, 7) is 7.18. The number of pyridine rings is 1. The van der Waals surface area contributed by atoms with Crippen LogP contribution in [0, 0.1) is 0 Å². The molecule has 2 heterocycles. The molecular formula is C15H21N3S. The van der Waals surface area contributed by atoms with Gasteiger partial charge in [-0.15, -0.1) is 11.3 Å². The molecule has 0 aromatic carbocycles. The molecule has 0 bridgehead atoms. The molecule has 0 aliphatic heterocycles. The predicted molar refractivity (Wildman–Crippen MR) is 80.6 cm³/mol. The molecule has 4 heteroatoms. The van der Waals surface area contributed by atoms with E-state index in [-0.39, 0.29) is 5.41 Å². The number of hydrogen-bond acceptors (Lipinski definition) is 4. The molecule has 0 fully saturated rings. The number of rotatable bonds is 4. The predicted octanol–water partition coefficient (Wildman–Crippen LogP) is 3.12. The molecule has 0 aliphatic rings. The summed E-state index contributed by atoms with van der Waals surface area (Å²) >= 11 is 1.72. The average Bonchev–Trinajstić information content (AvgIpc) is 2.86. The van der Waals surface area contributed by atoms with Crippen LogP contribution >= 0.6 is 11.3 Å². The van der Waals surface area contributed by atoms with Crippen LogP contribution in [-0.4, -0.2) is 16.5 Å². The smallest absolute Gasteiger partial charge is 0.0975 e. The molecule has 2 aromatic heterocycles. The molecule has 2 aromatic rings. The topological polar surface area (TPSA) is 51.8 Å². The van der Waals surface area contributed by atoms with Crippen molar-refractivity contribution >= 4 is 11.3 Å². The molecule has 0 amide bonds. The second-order valence-corrected chi connectivity index (χ2v) is 6.70. The summed E-state index contributed by atoms with van der Waals surface area (Å²) in [6.07, 6.45) is 4.58. The van der Waals surface area contributed by atoms with Gasteiger partial charge in [0.1, 0.15) is 0 Å². The lowest BCUT2D eigenvalue weighted by Gasteiger charge is -2.15. The molecule has 3 nitrogen and oxygen atoms in total. The minimum absolute atomic E-state index is 0.102. The van der Waals surface area contributed by atoms with E-state index < -0.39 is 0 Å². The Morgan fingerprint density at radius 2 is 1.95 bits per heavy atom. The van der Waals surface area contributed by atoms with Crippen LogP contribution in [-0.2, 0) is 11.8 Å². The van der Waals surface area contributed by atoms with Gasteiger partial charge in [0.15, 0.2) is 0 Å². The van der Waals surface area contributed by atoms with Crippen molar-refractivity contribution in [3.05, 3.63) is 46.2 Å². The molecule has 0 radical (unpaired) electrons. The van der Waals surface area contributed by atoms with Gasteiger partial charge in [0.05, 0.1) is 10.7 Å². The van der Waals surface area contributed by atoms with Crippen molar-refractivity contribution in [2.75, 3.05) is 6.54 Å². The van der Waals surface area contributed by atoms with Gasteiger partial charge in [0.2, 0.25) is 0 Å². The highest BCUT2D eigenvalue weighted by Crippen LogP contribution is 2.28. The fourth-order valence-corrected chi connectivity index (χ4v) is 3.06.